The molecule has 1 aromatic carbocycles. The summed E-state index contributed by atoms with van der Waals surface area (Å²) in [5.41, 5.74) is 1.04. The number of nitrogens with zero attached hydrogens (tertiary/aromatic N) is 3. The van der Waals surface area contributed by atoms with Crippen LogP contribution in [0, 0.1) is 0 Å². The summed E-state index contributed by atoms with van der Waals surface area (Å²) < 4.78 is 18.0. The van der Waals surface area contributed by atoms with E-state index in [1.54, 1.807) is 21.3 Å². The fraction of sp³-hybridized carbons (Fsp3) is 0.500. The van der Waals surface area contributed by atoms with Gasteiger partial charge in [-0.1, -0.05) is 0 Å². The number of rotatable bonds is 5. The van der Waals surface area contributed by atoms with Gasteiger partial charge in [-0.2, -0.15) is 10.1 Å². The summed E-state index contributed by atoms with van der Waals surface area (Å²) in [4.78, 5) is 4.51. The van der Waals surface area contributed by atoms with Crippen LogP contribution in [-0.2, 0) is 11.3 Å². The Kier molecular flexibility index (Phi) is 4.38. The molecule has 1 aromatic heterocycles. The van der Waals surface area contributed by atoms with E-state index in [2.05, 4.69) is 22.3 Å². The SMILES string of the molecule is COCc1nc2n(n1)C(c1cc(OC)ccc1OC)CC(C)N2. The Labute approximate surface area is 135 Å². The first-order valence-corrected chi connectivity index (χ1v) is 7.59. The molecule has 0 aliphatic carbocycles. The summed E-state index contributed by atoms with van der Waals surface area (Å²) in [6.07, 6.45) is 0.881. The maximum atomic E-state index is 5.54. The highest BCUT2D eigenvalue weighted by molar-refractivity contribution is 5.45. The van der Waals surface area contributed by atoms with E-state index in [1.807, 2.05) is 22.9 Å². The Morgan fingerprint density at radius 3 is 2.78 bits per heavy atom. The molecule has 1 N–H and O–H groups in total. The zero-order valence-corrected chi connectivity index (χ0v) is 13.9. The maximum Gasteiger partial charge on any atom is 0.222 e. The minimum absolute atomic E-state index is 0.0319. The lowest BCUT2D eigenvalue weighted by atomic mass is 9.97. The highest BCUT2D eigenvalue weighted by Gasteiger charge is 2.30. The van der Waals surface area contributed by atoms with Crippen LogP contribution in [0.15, 0.2) is 18.2 Å². The van der Waals surface area contributed by atoms with Crippen LogP contribution in [0.1, 0.15) is 30.8 Å². The summed E-state index contributed by atoms with van der Waals surface area (Å²) in [5.74, 6) is 3.03. The molecular formula is C16H22N4O3. The van der Waals surface area contributed by atoms with Crippen LogP contribution in [0.5, 0.6) is 11.5 Å². The molecule has 1 aliphatic rings. The van der Waals surface area contributed by atoms with Crippen molar-refractivity contribution in [3.8, 4) is 11.5 Å². The van der Waals surface area contributed by atoms with Crippen LogP contribution >= 0.6 is 0 Å². The van der Waals surface area contributed by atoms with Crippen molar-refractivity contribution in [1.29, 1.82) is 0 Å². The average molecular weight is 318 g/mol. The molecule has 7 heteroatoms. The Bertz CT molecular complexity index is 686. The number of hydrogen-bond donors (Lipinski definition) is 1. The largest absolute Gasteiger partial charge is 0.497 e. The molecule has 2 atom stereocenters. The molecule has 7 nitrogen and oxygen atoms in total. The standard InChI is InChI=1S/C16H22N4O3/c1-10-7-13(12-8-11(22-3)5-6-14(12)23-4)20-16(17-10)18-15(19-20)9-21-2/h5-6,8,10,13H,7,9H2,1-4H3,(H,17,18,19). The van der Waals surface area contributed by atoms with E-state index in [-0.39, 0.29) is 12.1 Å². The molecule has 2 unspecified atom stereocenters. The van der Waals surface area contributed by atoms with Crippen molar-refractivity contribution in [3.63, 3.8) is 0 Å². The molecule has 0 bridgehead atoms. The minimum Gasteiger partial charge on any atom is -0.497 e. The molecule has 1 aliphatic heterocycles. The topological polar surface area (TPSA) is 70.4 Å². The van der Waals surface area contributed by atoms with E-state index in [0.717, 1.165) is 29.4 Å². The zero-order chi connectivity index (χ0) is 16.4. The maximum absolute atomic E-state index is 5.54. The van der Waals surface area contributed by atoms with Crippen LogP contribution in [0.25, 0.3) is 0 Å². The fourth-order valence-corrected chi connectivity index (χ4v) is 2.95. The lowest BCUT2D eigenvalue weighted by Crippen LogP contribution is -2.31. The monoisotopic (exact) mass is 318 g/mol. The number of aromatic nitrogens is 3. The van der Waals surface area contributed by atoms with Gasteiger partial charge in [-0.05, 0) is 31.5 Å². The van der Waals surface area contributed by atoms with E-state index in [4.69, 9.17) is 14.2 Å². The van der Waals surface area contributed by atoms with E-state index in [1.165, 1.54) is 0 Å². The predicted molar refractivity (Wildman–Crippen MR) is 86.1 cm³/mol. The second-order valence-electron chi connectivity index (χ2n) is 5.63. The van der Waals surface area contributed by atoms with E-state index >= 15 is 0 Å². The number of nitrogens with one attached hydrogen (secondary N) is 1. The quantitative estimate of drug-likeness (QED) is 0.911. The molecule has 124 valence electrons. The first-order valence-electron chi connectivity index (χ1n) is 7.59. The van der Waals surface area contributed by atoms with Crippen LogP contribution in [0.3, 0.4) is 0 Å². The van der Waals surface area contributed by atoms with E-state index < -0.39 is 0 Å². The van der Waals surface area contributed by atoms with Gasteiger partial charge in [-0.15, -0.1) is 0 Å². The van der Waals surface area contributed by atoms with Crippen molar-refractivity contribution in [1.82, 2.24) is 14.8 Å². The third-order valence-electron chi connectivity index (χ3n) is 3.99. The number of fused-ring (bicyclic) bond motifs is 1. The number of hydrogen-bond acceptors (Lipinski definition) is 6. The average Bonchev–Trinajstić information content (AvgIpc) is 2.96. The van der Waals surface area contributed by atoms with Crippen LogP contribution in [-0.4, -0.2) is 42.1 Å². The molecule has 0 saturated carbocycles. The Balaban J connectivity index is 2.06. The van der Waals surface area contributed by atoms with Crippen molar-refractivity contribution in [2.24, 2.45) is 0 Å². The molecule has 0 fully saturated rings. The first-order chi connectivity index (χ1) is 11.2. The van der Waals surface area contributed by atoms with Gasteiger partial charge < -0.3 is 19.5 Å². The highest BCUT2D eigenvalue weighted by atomic mass is 16.5. The first kappa shape index (κ1) is 15.6. The van der Waals surface area contributed by atoms with Gasteiger partial charge >= 0.3 is 0 Å². The van der Waals surface area contributed by atoms with Gasteiger partial charge in [0.25, 0.3) is 0 Å². The molecule has 0 saturated heterocycles. The van der Waals surface area contributed by atoms with Crippen molar-refractivity contribution in [2.45, 2.75) is 32.0 Å². The second-order valence-corrected chi connectivity index (χ2v) is 5.63. The normalized spacial score (nSPS) is 19.8. The van der Waals surface area contributed by atoms with Gasteiger partial charge in [0.15, 0.2) is 5.82 Å². The fourth-order valence-electron chi connectivity index (χ4n) is 2.95. The van der Waals surface area contributed by atoms with E-state index in [0.29, 0.717) is 12.4 Å². The van der Waals surface area contributed by atoms with E-state index in [9.17, 15) is 0 Å². The van der Waals surface area contributed by atoms with Crippen molar-refractivity contribution >= 4 is 5.95 Å². The van der Waals surface area contributed by atoms with Gasteiger partial charge in [0.1, 0.15) is 18.1 Å². The summed E-state index contributed by atoms with van der Waals surface area (Å²) in [6.45, 7) is 2.52. The lowest BCUT2D eigenvalue weighted by molar-refractivity contribution is 0.177. The summed E-state index contributed by atoms with van der Waals surface area (Å²) in [6, 6.07) is 6.13. The van der Waals surface area contributed by atoms with Crippen molar-refractivity contribution in [3.05, 3.63) is 29.6 Å². The van der Waals surface area contributed by atoms with Gasteiger partial charge in [0.2, 0.25) is 5.95 Å². The number of methoxy groups -OCH3 is 3. The second kappa shape index (κ2) is 6.45. The van der Waals surface area contributed by atoms with Crippen LogP contribution in [0.4, 0.5) is 5.95 Å². The third-order valence-corrected chi connectivity index (χ3v) is 3.99. The van der Waals surface area contributed by atoms with Crippen molar-refractivity contribution in [2.75, 3.05) is 26.6 Å². The van der Waals surface area contributed by atoms with Crippen LogP contribution < -0.4 is 14.8 Å². The summed E-state index contributed by atoms with van der Waals surface area (Å²) in [7, 11) is 4.97. The molecule has 2 aromatic rings. The smallest absolute Gasteiger partial charge is 0.222 e. The van der Waals surface area contributed by atoms with Gasteiger partial charge in [0.05, 0.1) is 20.3 Å². The number of anilines is 1. The predicted octanol–water partition coefficient (Wildman–Crippen LogP) is 2.24. The molecule has 0 radical (unpaired) electrons. The molecule has 0 spiro atoms. The molecule has 0 amide bonds. The zero-order valence-electron chi connectivity index (χ0n) is 13.9. The Morgan fingerprint density at radius 2 is 2.09 bits per heavy atom. The van der Waals surface area contributed by atoms with Gasteiger partial charge in [0, 0.05) is 18.7 Å². The summed E-state index contributed by atoms with van der Waals surface area (Å²) >= 11 is 0. The molecule has 3 rings (SSSR count). The lowest BCUT2D eigenvalue weighted by Gasteiger charge is -2.30. The Hall–Kier alpha value is -2.28. The van der Waals surface area contributed by atoms with Gasteiger partial charge in [-0.25, -0.2) is 4.68 Å². The van der Waals surface area contributed by atoms with Crippen LogP contribution in [0.2, 0.25) is 0 Å². The Morgan fingerprint density at radius 1 is 1.26 bits per heavy atom. The summed E-state index contributed by atoms with van der Waals surface area (Å²) in [5, 5.41) is 7.95. The molecule has 23 heavy (non-hydrogen) atoms. The number of ether oxygens (including phenoxy) is 3. The molecular weight excluding hydrogens is 296 g/mol. The van der Waals surface area contributed by atoms with Gasteiger partial charge in [-0.3, -0.25) is 0 Å². The minimum atomic E-state index is 0.0319. The highest BCUT2D eigenvalue weighted by Crippen LogP contribution is 2.37. The number of benzene rings is 1. The van der Waals surface area contributed by atoms with Crippen molar-refractivity contribution < 1.29 is 14.2 Å². The third kappa shape index (κ3) is 2.96. The molecule has 2 heterocycles.